The van der Waals surface area contributed by atoms with Crippen LogP contribution in [0.1, 0.15) is 39.3 Å². The normalized spacial score (nSPS) is 14.6. The van der Waals surface area contributed by atoms with E-state index < -0.39 is 0 Å². The molecule has 0 atom stereocenters. The number of aromatic nitrogens is 2. The average Bonchev–Trinajstić information content (AvgIpc) is 3.00. The van der Waals surface area contributed by atoms with Crippen molar-refractivity contribution in [2.75, 3.05) is 19.6 Å². The van der Waals surface area contributed by atoms with Gasteiger partial charge in [0.25, 0.3) is 5.91 Å². The van der Waals surface area contributed by atoms with Gasteiger partial charge in [-0.15, -0.1) is 0 Å². The Morgan fingerprint density at radius 2 is 1.77 bits per heavy atom. The lowest BCUT2D eigenvalue weighted by atomic mass is 10.1. The molecule has 3 aromatic rings. The second-order valence-electron chi connectivity index (χ2n) is 8.17. The lowest BCUT2D eigenvalue weighted by Crippen LogP contribution is -2.35. The number of nitrogens with zero attached hydrogens (tertiary/aromatic N) is 4. The van der Waals surface area contributed by atoms with Crippen molar-refractivity contribution in [2.24, 2.45) is 0 Å². The number of carbonyl (C=O) groups excluding carboxylic acids is 2. The largest absolute Gasteiger partial charge is 0.337 e. The molecular formula is C25H28N4O2. The van der Waals surface area contributed by atoms with Gasteiger partial charge in [-0.2, -0.15) is 5.10 Å². The number of hydrogen-bond acceptors (Lipinski definition) is 3. The molecule has 31 heavy (non-hydrogen) atoms. The standard InChI is InChI=1S/C25H28N4O2/c1-18-7-4-5-8-22(18)17-28-14-13-27(12-11-24(28)30)25(31)21-9-6-10-23(16-21)29-20(3)15-19(2)26-29/h4-10,15-16H,11-14,17H2,1-3H3. The summed E-state index contributed by atoms with van der Waals surface area (Å²) in [4.78, 5) is 29.6. The van der Waals surface area contributed by atoms with E-state index in [1.54, 1.807) is 4.90 Å². The third kappa shape index (κ3) is 4.53. The van der Waals surface area contributed by atoms with E-state index in [9.17, 15) is 9.59 Å². The van der Waals surface area contributed by atoms with Crippen LogP contribution in [0, 0.1) is 20.8 Å². The maximum absolute atomic E-state index is 13.2. The van der Waals surface area contributed by atoms with Gasteiger partial charge in [0, 0.05) is 43.9 Å². The van der Waals surface area contributed by atoms with Gasteiger partial charge in [-0.05, 0) is 56.2 Å². The predicted octanol–water partition coefficient (Wildman–Crippen LogP) is 3.67. The van der Waals surface area contributed by atoms with Crippen LogP contribution in [-0.2, 0) is 11.3 Å². The Balaban J connectivity index is 1.49. The number of carbonyl (C=O) groups is 2. The molecule has 4 rings (SSSR count). The third-order valence-electron chi connectivity index (χ3n) is 5.85. The molecule has 6 nitrogen and oxygen atoms in total. The maximum atomic E-state index is 13.2. The fourth-order valence-corrected chi connectivity index (χ4v) is 4.07. The van der Waals surface area contributed by atoms with Crippen LogP contribution in [0.15, 0.2) is 54.6 Å². The van der Waals surface area contributed by atoms with E-state index in [2.05, 4.69) is 24.2 Å². The number of aryl methyl sites for hydroxylation is 3. The van der Waals surface area contributed by atoms with Crippen LogP contribution in [0.3, 0.4) is 0 Å². The van der Waals surface area contributed by atoms with Crippen molar-refractivity contribution < 1.29 is 9.59 Å². The first kappa shape index (κ1) is 20.8. The van der Waals surface area contributed by atoms with E-state index in [0.717, 1.165) is 22.6 Å². The van der Waals surface area contributed by atoms with Crippen LogP contribution in [0.4, 0.5) is 0 Å². The average molecular weight is 417 g/mol. The molecule has 0 spiro atoms. The van der Waals surface area contributed by atoms with Crippen LogP contribution in [0.25, 0.3) is 5.69 Å². The SMILES string of the molecule is Cc1cc(C)n(-c2cccc(C(=O)N3CCC(=O)N(Cc4ccccc4C)CC3)c2)n1. The molecule has 2 amide bonds. The summed E-state index contributed by atoms with van der Waals surface area (Å²) < 4.78 is 1.85. The molecule has 0 aliphatic carbocycles. The van der Waals surface area contributed by atoms with E-state index in [-0.39, 0.29) is 11.8 Å². The highest BCUT2D eigenvalue weighted by Gasteiger charge is 2.25. The van der Waals surface area contributed by atoms with E-state index in [1.807, 2.05) is 65.9 Å². The van der Waals surface area contributed by atoms with Crippen molar-refractivity contribution in [1.82, 2.24) is 19.6 Å². The molecule has 2 aromatic carbocycles. The summed E-state index contributed by atoms with van der Waals surface area (Å²) in [5.74, 6) is 0.0452. The summed E-state index contributed by atoms with van der Waals surface area (Å²) >= 11 is 0. The summed E-state index contributed by atoms with van der Waals surface area (Å²) in [6.07, 6.45) is 0.342. The zero-order valence-corrected chi connectivity index (χ0v) is 18.3. The Hall–Kier alpha value is -3.41. The molecule has 1 aliphatic rings. The summed E-state index contributed by atoms with van der Waals surface area (Å²) in [5.41, 5.74) is 5.76. The van der Waals surface area contributed by atoms with Crippen molar-refractivity contribution in [3.8, 4) is 5.69 Å². The van der Waals surface area contributed by atoms with Gasteiger partial charge in [-0.25, -0.2) is 4.68 Å². The molecule has 1 aromatic heterocycles. The molecule has 0 saturated carbocycles. The summed E-state index contributed by atoms with van der Waals surface area (Å²) in [7, 11) is 0. The van der Waals surface area contributed by atoms with Gasteiger partial charge >= 0.3 is 0 Å². The topological polar surface area (TPSA) is 58.4 Å². The minimum atomic E-state index is -0.0473. The smallest absolute Gasteiger partial charge is 0.254 e. The first-order valence-electron chi connectivity index (χ1n) is 10.7. The van der Waals surface area contributed by atoms with Gasteiger partial charge in [0.2, 0.25) is 5.91 Å². The molecule has 0 unspecified atom stereocenters. The predicted molar refractivity (Wildman–Crippen MR) is 120 cm³/mol. The van der Waals surface area contributed by atoms with E-state index in [0.29, 0.717) is 38.2 Å². The third-order valence-corrected chi connectivity index (χ3v) is 5.85. The minimum absolute atomic E-state index is 0.0473. The number of amides is 2. The van der Waals surface area contributed by atoms with E-state index in [1.165, 1.54) is 5.56 Å². The van der Waals surface area contributed by atoms with Crippen LogP contribution in [0.5, 0.6) is 0 Å². The van der Waals surface area contributed by atoms with Crippen molar-refractivity contribution in [3.63, 3.8) is 0 Å². The lowest BCUT2D eigenvalue weighted by molar-refractivity contribution is -0.130. The highest BCUT2D eigenvalue weighted by atomic mass is 16.2. The van der Waals surface area contributed by atoms with Crippen molar-refractivity contribution in [1.29, 1.82) is 0 Å². The number of benzene rings is 2. The molecule has 0 N–H and O–H groups in total. The lowest BCUT2D eigenvalue weighted by Gasteiger charge is -2.23. The summed E-state index contributed by atoms with van der Waals surface area (Å²) in [6, 6.07) is 17.7. The van der Waals surface area contributed by atoms with Crippen LogP contribution in [0.2, 0.25) is 0 Å². The quantitative estimate of drug-likeness (QED) is 0.652. The Labute approximate surface area is 183 Å². The summed E-state index contributed by atoms with van der Waals surface area (Å²) in [5, 5.41) is 4.52. The highest BCUT2D eigenvalue weighted by Crippen LogP contribution is 2.18. The molecule has 2 heterocycles. The number of rotatable bonds is 4. The second kappa shape index (κ2) is 8.76. The van der Waals surface area contributed by atoms with Crippen molar-refractivity contribution >= 4 is 11.8 Å². The Bertz CT molecular complexity index is 1120. The maximum Gasteiger partial charge on any atom is 0.254 e. The zero-order chi connectivity index (χ0) is 22.0. The van der Waals surface area contributed by atoms with Gasteiger partial charge in [0.05, 0.1) is 11.4 Å². The summed E-state index contributed by atoms with van der Waals surface area (Å²) in [6.45, 7) is 8.10. The first-order valence-corrected chi connectivity index (χ1v) is 10.7. The molecule has 1 saturated heterocycles. The van der Waals surface area contributed by atoms with Crippen LogP contribution < -0.4 is 0 Å². The molecular weight excluding hydrogens is 388 g/mol. The second-order valence-corrected chi connectivity index (χ2v) is 8.17. The van der Waals surface area contributed by atoms with Gasteiger partial charge in [0.15, 0.2) is 0 Å². The molecule has 160 valence electrons. The Morgan fingerprint density at radius 1 is 0.968 bits per heavy atom. The first-order chi connectivity index (χ1) is 14.9. The fraction of sp³-hybridized carbons (Fsp3) is 0.320. The molecule has 0 bridgehead atoms. The zero-order valence-electron chi connectivity index (χ0n) is 18.3. The van der Waals surface area contributed by atoms with Gasteiger partial charge < -0.3 is 9.80 Å². The van der Waals surface area contributed by atoms with Gasteiger partial charge in [0.1, 0.15) is 0 Å². The fourth-order valence-electron chi connectivity index (χ4n) is 4.07. The molecule has 1 aliphatic heterocycles. The Kier molecular flexibility index (Phi) is 5.89. The Morgan fingerprint density at radius 3 is 2.52 bits per heavy atom. The highest BCUT2D eigenvalue weighted by molar-refractivity contribution is 5.95. The monoisotopic (exact) mass is 416 g/mol. The van der Waals surface area contributed by atoms with Crippen molar-refractivity contribution in [3.05, 3.63) is 82.7 Å². The van der Waals surface area contributed by atoms with Crippen molar-refractivity contribution in [2.45, 2.75) is 33.7 Å². The van der Waals surface area contributed by atoms with Crippen LogP contribution in [-0.4, -0.2) is 51.0 Å². The van der Waals surface area contributed by atoms with Gasteiger partial charge in [-0.1, -0.05) is 30.3 Å². The molecule has 1 fully saturated rings. The van der Waals surface area contributed by atoms with E-state index >= 15 is 0 Å². The van der Waals surface area contributed by atoms with E-state index in [4.69, 9.17) is 0 Å². The molecule has 6 heteroatoms. The number of hydrogen-bond donors (Lipinski definition) is 0. The van der Waals surface area contributed by atoms with Gasteiger partial charge in [-0.3, -0.25) is 9.59 Å². The van der Waals surface area contributed by atoms with Crippen LogP contribution >= 0.6 is 0 Å². The minimum Gasteiger partial charge on any atom is -0.337 e. The molecule has 0 radical (unpaired) electrons.